The van der Waals surface area contributed by atoms with Crippen molar-refractivity contribution < 1.29 is 0 Å². The van der Waals surface area contributed by atoms with Crippen molar-refractivity contribution in [2.75, 3.05) is 0 Å². The summed E-state index contributed by atoms with van der Waals surface area (Å²) in [6.45, 7) is 5.25. The predicted octanol–water partition coefficient (Wildman–Crippen LogP) is 9.17. The number of hydrogen-bond acceptors (Lipinski definition) is 2. The van der Waals surface area contributed by atoms with E-state index in [0.717, 1.165) is 16.8 Å². The molecule has 0 saturated carbocycles. The van der Waals surface area contributed by atoms with Gasteiger partial charge in [-0.15, -0.1) is 0 Å². The van der Waals surface area contributed by atoms with Crippen molar-refractivity contribution in [2.24, 2.45) is 10.8 Å². The van der Waals surface area contributed by atoms with Gasteiger partial charge in [-0.3, -0.25) is 0 Å². The van der Waals surface area contributed by atoms with Crippen LogP contribution in [0.25, 0.3) is 49.7 Å². The molecule has 6 aromatic carbocycles. The molecule has 0 spiro atoms. The Hall–Kier alpha value is -5.61. The lowest BCUT2D eigenvalue weighted by Gasteiger charge is -2.21. The second-order valence-corrected chi connectivity index (χ2v) is 12.4. The summed E-state index contributed by atoms with van der Waals surface area (Å²) < 4.78 is 2.46. The summed E-state index contributed by atoms with van der Waals surface area (Å²) in [5, 5.41) is 6.96. The number of nitrogens with two attached hydrogens (primary N) is 1. The number of nitrogens with zero attached hydrogens (tertiary/aromatic N) is 2. The van der Waals surface area contributed by atoms with Crippen LogP contribution in [0.5, 0.6) is 0 Å². The van der Waals surface area contributed by atoms with E-state index in [4.69, 9.17) is 5.73 Å². The summed E-state index contributed by atoms with van der Waals surface area (Å²) >= 11 is 0. The molecular formula is C41H34N4. The normalized spacial score (nSPS) is 13.6. The van der Waals surface area contributed by atoms with E-state index in [1.807, 2.05) is 30.3 Å². The largest absolute Gasteiger partial charge is 0.382 e. The third-order valence-electron chi connectivity index (χ3n) is 9.30. The Balaban J connectivity index is 1.31. The molecule has 0 radical (unpaired) electrons. The lowest BCUT2D eigenvalue weighted by Crippen LogP contribution is -2.18. The van der Waals surface area contributed by atoms with Gasteiger partial charge in [0.25, 0.3) is 0 Å². The molecule has 1 aromatic heterocycles. The molecule has 4 nitrogen and oxygen atoms in total. The highest BCUT2D eigenvalue weighted by molar-refractivity contribution is 6.16. The highest BCUT2D eigenvalue weighted by Gasteiger charge is 2.37. The first-order chi connectivity index (χ1) is 22.0. The number of amidine groups is 1. The number of fused-ring (bicyclic) bond motifs is 7. The molecule has 45 heavy (non-hydrogen) atoms. The summed E-state index contributed by atoms with van der Waals surface area (Å²) in [5.74, 6) is 0.472. The number of benzene rings is 6. The maximum atomic E-state index is 6.24. The molecule has 8 rings (SSSR count). The standard InChI is InChI=1S/C41H34N4/c1-41(2)35-19-10-9-18-33(35)38-36(41)22-21-32-34-25-30(28-13-5-3-6-14-28)20-23-37(34)45(39(32)38)31-17-11-12-27(24-31)26-43-44-40(42)29-15-7-4-8-16-29/h3-25,43H,26H2,1-2H3,(H2,42,44). The summed E-state index contributed by atoms with van der Waals surface area (Å²) in [6.07, 6.45) is 0. The molecule has 3 N–H and O–H groups in total. The van der Waals surface area contributed by atoms with Crippen molar-refractivity contribution in [3.8, 4) is 27.9 Å². The lowest BCUT2D eigenvalue weighted by molar-refractivity contribution is 0.661. The van der Waals surface area contributed by atoms with Gasteiger partial charge >= 0.3 is 0 Å². The second kappa shape index (κ2) is 10.5. The average Bonchev–Trinajstić information content (AvgIpc) is 3.54. The first-order valence-corrected chi connectivity index (χ1v) is 15.5. The Labute approximate surface area is 263 Å². The molecule has 0 atom stereocenters. The van der Waals surface area contributed by atoms with Crippen LogP contribution < -0.4 is 11.2 Å². The van der Waals surface area contributed by atoms with Gasteiger partial charge in [-0.05, 0) is 57.6 Å². The summed E-state index contributed by atoms with van der Waals surface area (Å²) in [5.41, 5.74) is 22.8. The van der Waals surface area contributed by atoms with Crippen molar-refractivity contribution in [1.29, 1.82) is 0 Å². The van der Waals surface area contributed by atoms with Gasteiger partial charge in [-0.1, -0.05) is 129 Å². The SMILES string of the molecule is CC1(C)c2ccccc2-c2c1ccc1c3cc(-c4ccccc4)ccc3n(-c3cccc(CNN=C(N)c4ccccc4)c3)c21. The van der Waals surface area contributed by atoms with Crippen LogP contribution in [-0.4, -0.2) is 10.4 Å². The molecule has 0 unspecified atom stereocenters. The summed E-state index contributed by atoms with van der Waals surface area (Å²) in [6, 6.07) is 49.7. The first-order valence-electron chi connectivity index (χ1n) is 15.5. The summed E-state index contributed by atoms with van der Waals surface area (Å²) in [7, 11) is 0. The van der Waals surface area contributed by atoms with E-state index < -0.39 is 0 Å². The van der Waals surface area contributed by atoms with Gasteiger partial charge in [0.05, 0.1) is 17.6 Å². The third kappa shape index (κ3) is 4.41. The molecule has 1 aliphatic carbocycles. The maximum Gasteiger partial charge on any atom is 0.150 e. The lowest BCUT2D eigenvalue weighted by atomic mass is 9.82. The van der Waals surface area contributed by atoms with E-state index in [0.29, 0.717) is 12.4 Å². The Morgan fingerprint density at radius 1 is 0.689 bits per heavy atom. The average molecular weight is 583 g/mol. The third-order valence-corrected chi connectivity index (χ3v) is 9.30. The zero-order valence-electron chi connectivity index (χ0n) is 25.5. The van der Waals surface area contributed by atoms with Crippen molar-refractivity contribution in [2.45, 2.75) is 25.8 Å². The minimum Gasteiger partial charge on any atom is -0.382 e. The molecular weight excluding hydrogens is 548 g/mol. The molecule has 7 aromatic rings. The molecule has 1 heterocycles. The fourth-order valence-corrected chi connectivity index (χ4v) is 7.07. The van der Waals surface area contributed by atoms with E-state index >= 15 is 0 Å². The number of nitrogens with one attached hydrogen (secondary N) is 1. The van der Waals surface area contributed by atoms with Crippen molar-refractivity contribution >= 4 is 27.6 Å². The molecule has 0 aliphatic heterocycles. The maximum absolute atomic E-state index is 6.24. The van der Waals surface area contributed by atoms with Gasteiger partial charge in [0.15, 0.2) is 5.84 Å². The number of rotatable bonds is 6. The van der Waals surface area contributed by atoms with Crippen LogP contribution in [0, 0.1) is 0 Å². The smallest absolute Gasteiger partial charge is 0.150 e. The van der Waals surface area contributed by atoms with E-state index in [-0.39, 0.29) is 5.41 Å². The monoisotopic (exact) mass is 582 g/mol. The summed E-state index contributed by atoms with van der Waals surface area (Å²) in [4.78, 5) is 0. The predicted molar refractivity (Wildman–Crippen MR) is 188 cm³/mol. The fourth-order valence-electron chi connectivity index (χ4n) is 7.07. The number of hydrazone groups is 1. The molecule has 4 heteroatoms. The number of aromatic nitrogens is 1. The molecule has 0 fully saturated rings. The Bertz CT molecular complexity index is 2240. The van der Waals surface area contributed by atoms with Crippen LogP contribution >= 0.6 is 0 Å². The highest BCUT2D eigenvalue weighted by atomic mass is 15.3. The van der Waals surface area contributed by atoms with Crippen LogP contribution in [0.2, 0.25) is 0 Å². The quantitative estimate of drug-likeness (QED) is 0.117. The molecule has 0 saturated heterocycles. The zero-order valence-corrected chi connectivity index (χ0v) is 25.5. The van der Waals surface area contributed by atoms with E-state index in [1.165, 1.54) is 55.2 Å². The van der Waals surface area contributed by atoms with E-state index in [2.05, 4.69) is 138 Å². The van der Waals surface area contributed by atoms with Gasteiger partial charge in [-0.25, -0.2) is 0 Å². The van der Waals surface area contributed by atoms with Crippen molar-refractivity contribution in [1.82, 2.24) is 9.99 Å². The van der Waals surface area contributed by atoms with Crippen LogP contribution in [0.4, 0.5) is 0 Å². The zero-order chi connectivity index (χ0) is 30.5. The van der Waals surface area contributed by atoms with Gasteiger partial charge in [0.2, 0.25) is 0 Å². The minimum absolute atomic E-state index is 0.0843. The fraction of sp³-hybridized carbons (Fsp3) is 0.0976. The van der Waals surface area contributed by atoms with Gasteiger partial charge in [-0.2, -0.15) is 5.10 Å². The van der Waals surface area contributed by atoms with Crippen LogP contribution in [0.3, 0.4) is 0 Å². The topological polar surface area (TPSA) is 55.3 Å². The van der Waals surface area contributed by atoms with Crippen LogP contribution in [0.15, 0.2) is 145 Å². The molecule has 0 bridgehead atoms. The molecule has 218 valence electrons. The Kier molecular flexibility index (Phi) is 6.31. The molecule has 1 aliphatic rings. The molecule has 0 amide bonds. The first kappa shape index (κ1) is 27.0. The van der Waals surface area contributed by atoms with Gasteiger partial charge in [0, 0.05) is 33.0 Å². The van der Waals surface area contributed by atoms with E-state index in [9.17, 15) is 0 Å². The van der Waals surface area contributed by atoms with Crippen LogP contribution in [-0.2, 0) is 12.0 Å². The number of hydrogen-bond donors (Lipinski definition) is 2. The second-order valence-electron chi connectivity index (χ2n) is 12.4. The van der Waals surface area contributed by atoms with Crippen molar-refractivity contribution in [3.63, 3.8) is 0 Å². The van der Waals surface area contributed by atoms with Crippen molar-refractivity contribution in [3.05, 3.63) is 162 Å². The van der Waals surface area contributed by atoms with Gasteiger partial charge < -0.3 is 15.7 Å². The Morgan fingerprint density at radius 2 is 1.44 bits per heavy atom. The van der Waals surface area contributed by atoms with Crippen LogP contribution in [0.1, 0.15) is 36.1 Å². The minimum atomic E-state index is -0.0843. The Morgan fingerprint density at radius 3 is 2.27 bits per heavy atom. The van der Waals surface area contributed by atoms with Gasteiger partial charge in [0.1, 0.15) is 0 Å². The van der Waals surface area contributed by atoms with E-state index in [1.54, 1.807) is 0 Å². The highest BCUT2D eigenvalue weighted by Crippen LogP contribution is 2.53.